The third kappa shape index (κ3) is 2.22. The van der Waals surface area contributed by atoms with Crippen LogP contribution in [0.3, 0.4) is 0 Å². The van der Waals surface area contributed by atoms with E-state index in [-0.39, 0.29) is 6.04 Å². The van der Waals surface area contributed by atoms with E-state index in [4.69, 9.17) is 5.73 Å². The molecular formula is C12H13N3S2. The van der Waals surface area contributed by atoms with Gasteiger partial charge in [0.1, 0.15) is 0 Å². The van der Waals surface area contributed by atoms with Gasteiger partial charge in [0.05, 0.1) is 17.9 Å². The van der Waals surface area contributed by atoms with E-state index < -0.39 is 0 Å². The molecule has 1 atom stereocenters. The van der Waals surface area contributed by atoms with Crippen LogP contribution in [0.5, 0.6) is 0 Å². The lowest BCUT2D eigenvalue weighted by atomic mass is 10.1. The van der Waals surface area contributed by atoms with Crippen LogP contribution in [0.4, 0.5) is 0 Å². The molecule has 2 N–H and O–H groups in total. The molecule has 17 heavy (non-hydrogen) atoms. The Morgan fingerprint density at radius 2 is 2.29 bits per heavy atom. The number of thioether (sulfide) groups is 1. The van der Waals surface area contributed by atoms with E-state index in [0.29, 0.717) is 0 Å². The maximum Gasteiger partial charge on any atom is 0.0836 e. The second-order valence-corrected chi connectivity index (χ2v) is 6.28. The van der Waals surface area contributed by atoms with E-state index in [1.807, 2.05) is 23.1 Å². The summed E-state index contributed by atoms with van der Waals surface area (Å²) in [6.45, 7) is 0. The van der Waals surface area contributed by atoms with Crippen LogP contribution >= 0.6 is 23.1 Å². The maximum atomic E-state index is 6.23. The van der Waals surface area contributed by atoms with Crippen molar-refractivity contribution in [1.82, 2.24) is 9.97 Å². The molecule has 88 valence electrons. The number of hydrogen-bond donors (Lipinski definition) is 1. The lowest BCUT2D eigenvalue weighted by molar-refractivity contribution is 0.834. The summed E-state index contributed by atoms with van der Waals surface area (Å²) in [4.78, 5) is 11.1. The van der Waals surface area contributed by atoms with Gasteiger partial charge >= 0.3 is 0 Å². The second-order valence-electron chi connectivity index (χ2n) is 4.01. The third-order valence-corrected chi connectivity index (χ3v) is 5.18. The first-order chi connectivity index (χ1) is 8.34. The van der Waals surface area contributed by atoms with E-state index in [0.717, 1.165) is 11.4 Å². The normalized spacial score (nSPS) is 16.5. The third-order valence-electron chi connectivity index (χ3n) is 2.86. The average molecular weight is 263 g/mol. The van der Waals surface area contributed by atoms with E-state index in [1.54, 1.807) is 18.6 Å². The summed E-state index contributed by atoms with van der Waals surface area (Å²) in [6.07, 6.45) is 6.29. The maximum absolute atomic E-state index is 6.23. The number of nitrogens with two attached hydrogens (primary N) is 1. The molecule has 2 aromatic rings. The zero-order chi connectivity index (χ0) is 11.7. The molecular weight excluding hydrogens is 250 g/mol. The summed E-state index contributed by atoms with van der Waals surface area (Å²) in [5.74, 6) is 2.35. The first kappa shape index (κ1) is 11.2. The Hall–Kier alpha value is -0.910. The largest absolute Gasteiger partial charge is 0.318 e. The predicted molar refractivity (Wildman–Crippen MR) is 72.2 cm³/mol. The van der Waals surface area contributed by atoms with Crippen molar-refractivity contribution in [1.29, 1.82) is 0 Å². The van der Waals surface area contributed by atoms with Gasteiger partial charge in [-0.05, 0) is 23.8 Å². The highest BCUT2D eigenvalue weighted by atomic mass is 32.2. The topological polar surface area (TPSA) is 51.8 Å². The van der Waals surface area contributed by atoms with Crippen molar-refractivity contribution in [3.8, 4) is 0 Å². The van der Waals surface area contributed by atoms with Crippen LogP contribution in [-0.4, -0.2) is 15.7 Å². The molecule has 0 aromatic carbocycles. The van der Waals surface area contributed by atoms with Crippen molar-refractivity contribution in [3.63, 3.8) is 0 Å². The van der Waals surface area contributed by atoms with Crippen LogP contribution in [0.1, 0.15) is 27.1 Å². The molecule has 3 heterocycles. The van der Waals surface area contributed by atoms with Crippen molar-refractivity contribution >= 4 is 23.1 Å². The zero-order valence-corrected chi connectivity index (χ0v) is 10.9. The molecule has 0 radical (unpaired) electrons. The Balaban J connectivity index is 1.91. The minimum absolute atomic E-state index is 0.135. The molecule has 0 spiro atoms. The number of aryl methyl sites for hydroxylation is 1. The van der Waals surface area contributed by atoms with E-state index in [2.05, 4.69) is 16.0 Å². The lowest BCUT2D eigenvalue weighted by Crippen LogP contribution is -2.12. The van der Waals surface area contributed by atoms with Crippen LogP contribution in [0, 0.1) is 0 Å². The number of nitrogens with zero attached hydrogens (tertiary/aromatic N) is 2. The predicted octanol–water partition coefficient (Wildman–Crippen LogP) is 2.38. The van der Waals surface area contributed by atoms with Gasteiger partial charge in [-0.25, -0.2) is 0 Å². The minimum Gasteiger partial charge on any atom is -0.318 e. The van der Waals surface area contributed by atoms with Gasteiger partial charge in [-0.2, -0.15) is 11.8 Å². The average Bonchev–Trinajstić information content (AvgIpc) is 2.82. The fourth-order valence-corrected chi connectivity index (χ4v) is 4.33. The van der Waals surface area contributed by atoms with Gasteiger partial charge in [-0.15, -0.1) is 11.3 Å². The Kier molecular flexibility index (Phi) is 3.13. The quantitative estimate of drug-likeness (QED) is 0.904. The first-order valence-corrected chi connectivity index (χ1v) is 7.52. The van der Waals surface area contributed by atoms with Gasteiger partial charge in [0.15, 0.2) is 0 Å². The standard InChI is InChI=1S/C12H13N3S2/c13-12(9-6-14-2-3-15-9)11-5-8-7-16-4-1-10(8)17-11/h2-3,5-6,12H,1,4,7,13H2. The van der Waals surface area contributed by atoms with Crippen LogP contribution in [-0.2, 0) is 12.2 Å². The zero-order valence-electron chi connectivity index (χ0n) is 9.30. The molecule has 0 saturated heterocycles. The van der Waals surface area contributed by atoms with Crippen molar-refractivity contribution in [2.45, 2.75) is 18.2 Å². The highest BCUT2D eigenvalue weighted by Gasteiger charge is 2.18. The molecule has 1 aliphatic heterocycles. The van der Waals surface area contributed by atoms with Gasteiger partial charge in [0, 0.05) is 27.9 Å². The van der Waals surface area contributed by atoms with Crippen molar-refractivity contribution in [2.24, 2.45) is 5.73 Å². The van der Waals surface area contributed by atoms with Crippen LogP contribution in [0.25, 0.3) is 0 Å². The van der Waals surface area contributed by atoms with Crippen molar-refractivity contribution in [2.75, 3.05) is 5.75 Å². The summed E-state index contributed by atoms with van der Waals surface area (Å²) in [5.41, 5.74) is 8.53. The summed E-state index contributed by atoms with van der Waals surface area (Å²) >= 11 is 3.83. The monoisotopic (exact) mass is 263 g/mol. The van der Waals surface area contributed by atoms with Gasteiger partial charge in [-0.3, -0.25) is 9.97 Å². The molecule has 5 heteroatoms. The van der Waals surface area contributed by atoms with Crippen LogP contribution < -0.4 is 5.73 Å². The highest BCUT2D eigenvalue weighted by Crippen LogP contribution is 2.35. The first-order valence-electron chi connectivity index (χ1n) is 5.55. The van der Waals surface area contributed by atoms with E-state index in [9.17, 15) is 0 Å². The summed E-state index contributed by atoms with van der Waals surface area (Å²) < 4.78 is 0. The fourth-order valence-electron chi connectivity index (χ4n) is 1.94. The molecule has 1 unspecified atom stereocenters. The van der Waals surface area contributed by atoms with Gasteiger partial charge in [-0.1, -0.05) is 0 Å². The van der Waals surface area contributed by atoms with Crippen molar-refractivity contribution in [3.05, 3.63) is 45.7 Å². The van der Waals surface area contributed by atoms with Gasteiger partial charge < -0.3 is 5.73 Å². The Morgan fingerprint density at radius 1 is 1.35 bits per heavy atom. The van der Waals surface area contributed by atoms with Crippen LogP contribution in [0.2, 0.25) is 0 Å². The number of hydrogen-bond acceptors (Lipinski definition) is 5. The van der Waals surface area contributed by atoms with E-state index >= 15 is 0 Å². The Morgan fingerprint density at radius 3 is 3.06 bits per heavy atom. The molecule has 1 aliphatic rings. The highest BCUT2D eigenvalue weighted by molar-refractivity contribution is 7.98. The summed E-state index contributed by atoms with van der Waals surface area (Å²) in [6, 6.07) is 2.11. The molecule has 2 aromatic heterocycles. The number of rotatable bonds is 2. The number of fused-ring (bicyclic) bond motifs is 1. The summed E-state index contributed by atoms with van der Waals surface area (Å²) in [5, 5.41) is 0. The molecule has 3 rings (SSSR count). The minimum atomic E-state index is -0.135. The number of aromatic nitrogens is 2. The van der Waals surface area contributed by atoms with E-state index in [1.165, 1.54) is 27.5 Å². The Bertz CT molecular complexity index is 486. The number of thiophene rings is 1. The fraction of sp³-hybridized carbons (Fsp3) is 0.333. The second kappa shape index (κ2) is 4.76. The SMILES string of the molecule is NC(c1cnccn1)c1cc2c(s1)CCSC2. The molecule has 0 fully saturated rings. The van der Waals surface area contributed by atoms with Crippen LogP contribution in [0.15, 0.2) is 24.7 Å². The van der Waals surface area contributed by atoms with Gasteiger partial charge in [0.2, 0.25) is 0 Å². The van der Waals surface area contributed by atoms with Crippen molar-refractivity contribution < 1.29 is 0 Å². The lowest BCUT2D eigenvalue weighted by Gasteiger charge is -2.08. The smallest absolute Gasteiger partial charge is 0.0836 e. The molecule has 3 nitrogen and oxygen atoms in total. The molecule has 0 aliphatic carbocycles. The Labute approximate surface area is 108 Å². The molecule has 0 saturated carbocycles. The molecule has 0 amide bonds. The van der Waals surface area contributed by atoms with Gasteiger partial charge in [0.25, 0.3) is 0 Å². The summed E-state index contributed by atoms with van der Waals surface area (Å²) in [7, 11) is 0. The molecule has 0 bridgehead atoms.